The Labute approximate surface area is 102 Å². The molecule has 2 rings (SSSR count). The van der Waals surface area contributed by atoms with E-state index in [-0.39, 0.29) is 0 Å². The Balaban J connectivity index is 2.85. The maximum atomic E-state index is 5.30. The molecule has 0 aliphatic rings. The molecule has 0 saturated heterocycles. The number of ether oxygens (including phenoxy) is 1. The smallest absolute Gasteiger partial charge is 0.147 e. The molecule has 1 aromatic heterocycles. The van der Waals surface area contributed by atoms with Gasteiger partial charge in [0.25, 0.3) is 0 Å². The zero-order valence-electron chi connectivity index (χ0n) is 6.80. The van der Waals surface area contributed by atoms with Crippen LogP contribution in [0.5, 0.6) is 5.75 Å². The van der Waals surface area contributed by atoms with Gasteiger partial charge < -0.3 is 4.74 Å². The van der Waals surface area contributed by atoms with Gasteiger partial charge >= 0.3 is 0 Å². The fraction of sp³-hybridized carbons (Fsp3) is 0.111. The van der Waals surface area contributed by atoms with Crippen molar-refractivity contribution in [2.24, 2.45) is 0 Å². The second-order valence-electron chi connectivity index (χ2n) is 2.54. The van der Waals surface area contributed by atoms with Gasteiger partial charge in [-0.1, -0.05) is 0 Å². The maximum Gasteiger partial charge on any atom is 0.147 e. The maximum absolute atomic E-state index is 5.30. The molecule has 0 atom stereocenters. The van der Waals surface area contributed by atoms with Gasteiger partial charge in [-0.25, -0.2) is 0 Å². The summed E-state index contributed by atoms with van der Waals surface area (Å²) >= 11 is 7.58. The van der Waals surface area contributed by atoms with Crippen LogP contribution in [0.25, 0.3) is 10.1 Å². The molecule has 13 heavy (non-hydrogen) atoms. The lowest BCUT2D eigenvalue weighted by Gasteiger charge is -2.06. The highest BCUT2D eigenvalue weighted by molar-refractivity contribution is 14.1. The van der Waals surface area contributed by atoms with E-state index in [2.05, 4.69) is 56.0 Å². The standard InChI is InChI=1S/C9H6BrIOS/c1-12-9-6(11)4-7-5(8(9)10)2-3-13-7/h2-4H,1H3. The highest BCUT2D eigenvalue weighted by Crippen LogP contribution is 2.39. The van der Waals surface area contributed by atoms with Crippen molar-refractivity contribution in [2.75, 3.05) is 7.11 Å². The van der Waals surface area contributed by atoms with Gasteiger partial charge in [-0.05, 0) is 56.0 Å². The number of halogens is 2. The van der Waals surface area contributed by atoms with Gasteiger partial charge in [-0.3, -0.25) is 0 Å². The fourth-order valence-corrected chi connectivity index (χ4v) is 4.28. The predicted octanol–water partition coefficient (Wildman–Crippen LogP) is 4.28. The first-order valence-corrected chi connectivity index (χ1v) is 6.38. The van der Waals surface area contributed by atoms with Crippen molar-refractivity contribution in [1.29, 1.82) is 0 Å². The number of methoxy groups -OCH3 is 1. The largest absolute Gasteiger partial charge is 0.494 e. The summed E-state index contributed by atoms with van der Waals surface area (Å²) < 4.78 is 8.79. The molecule has 1 heterocycles. The predicted molar refractivity (Wildman–Crippen MR) is 68.8 cm³/mol. The summed E-state index contributed by atoms with van der Waals surface area (Å²) in [7, 11) is 1.69. The molecule has 0 amide bonds. The van der Waals surface area contributed by atoms with Gasteiger partial charge in [0.15, 0.2) is 0 Å². The summed E-state index contributed by atoms with van der Waals surface area (Å²) in [6.45, 7) is 0. The molecule has 0 fully saturated rings. The number of fused-ring (bicyclic) bond motifs is 1. The van der Waals surface area contributed by atoms with E-state index in [1.807, 2.05) is 0 Å². The van der Waals surface area contributed by atoms with Crippen LogP contribution >= 0.6 is 49.9 Å². The lowest BCUT2D eigenvalue weighted by molar-refractivity contribution is 0.410. The first kappa shape index (κ1) is 9.73. The van der Waals surface area contributed by atoms with Crippen LogP contribution in [0.4, 0.5) is 0 Å². The lowest BCUT2D eigenvalue weighted by Crippen LogP contribution is -1.87. The zero-order valence-corrected chi connectivity index (χ0v) is 11.4. The Morgan fingerprint density at radius 2 is 2.31 bits per heavy atom. The highest BCUT2D eigenvalue weighted by Gasteiger charge is 2.10. The van der Waals surface area contributed by atoms with Crippen LogP contribution in [0.3, 0.4) is 0 Å². The molecular weight excluding hydrogens is 363 g/mol. The third kappa shape index (κ3) is 1.59. The average Bonchev–Trinajstić information content (AvgIpc) is 2.53. The summed E-state index contributed by atoms with van der Waals surface area (Å²) in [5.74, 6) is 0.923. The normalized spacial score (nSPS) is 10.7. The second kappa shape index (κ2) is 3.74. The molecule has 0 N–H and O–H groups in total. The molecule has 4 heteroatoms. The first-order valence-electron chi connectivity index (χ1n) is 3.63. The van der Waals surface area contributed by atoms with E-state index in [9.17, 15) is 0 Å². The van der Waals surface area contributed by atoms with Gasteiger partial charge in [0.1, 0.15) is 5.75 Å². The second-order valence-corrected chi connectivity index (χ2v) is 5.44. The molecule has 0 bridgehead atoms. The van der Waals surface area contributed by atoms with Crippen molar-refractivity contribution in [1.82, 2.24) is 0 Å². The molecule has 2 aromatic rings. The molecule has 0 radical (unpaired) electrons. The fourth-order valence-electron chi connectivity index (χ4n) is 1.21. The lowest BCUT2D eigenvalue weighted by atomic mass is 10.2. The Bertz CT molecular complexity index is 452. The van der Waals surface area contributed by atoms with E-state index in [1.165, 1.54) is 10.1 Å². The Morgan fingerprint density at radius 3 is 3.00 bits per heavy atom. The monoisotopic (exact) mass is 368 g/mol. The first-order chi connectivity index (χ1) is 6.24. The number of thiophene rings is 1. The molecule has 1 nitrogen and oxygen atoms in total. The highest BCUT2D eigenvalue weighted by atomic mass is 127. The van der Waals surface area contributed by atoms with E-state index in [0.29, 0.717) is 0 Å². The Kier molecular flexibility index (Phi) is 2.80. The van der Waals surface area contributed by atoms with Gasteiger partial charge in [0.2, 0.25) is 0 Å². The quantitative estimate of drug-likeness (QED) is 0.683. The van der Waals surface area contributed by atoms with Crippen molar-refractivity contribution in [3.8, 4) is 5.75 Å². The minimum absolute atomic E-state index is 0.923. The molecule has 0 saturated carbocycles. The van der Waals surface area contributed by atoms with Crippen LogP contribution in [0.2, 0.25) is 0 Å². The van der Waals surface area contributed by atoms with Crippen LogP contribution in [0, 0.1) is 3.57 Å². The van der Waals surface area contributed by atoms with Crippen molar-refractivity contribution in [3.05, 3.63) is 25.6 Å². The molecule has 0 unspecified atom stereocenters. The van der Waals surface area contributed by atoms with Crippen molar-refractivity contribution >= 4 is 59.9 Å². The van der Waals surface area contributed by atoms with E-state index < -0.39 is 0 Å². The average molecular weight is 369 g/mol. The van der Waals surface area contributed by atoms with Crippen LogP contribution in [0.15, 0.2) is 22.0 Å². The SMILES string of the molecule is COc1c(I)cc2sccc2c1Br. The molecular formula is C9H6BrIOS. The topological polar surface area (TPSA) is 9.23 Å². The van der Waals surface area contributed by atoms with Gasteiger partial charge in [-0.15, -0.1) is 11.3 Å². The molecule has 0 aliphatic carbocycles. The zero-order chi connectivity index (χ0) is 9.42. The summed E-state index contributed by atoms with van der Waals surface area (Å²) in [6.07, 6.45) is 0. The third-order valence-electron chi connectivity index (χ3n) is 1.81. The van der Waals surface area contributed by atoms with Crippen LogP contribution in [0.1, 0.15) is 0 Å². The molecule has 0 spiro atoms. The van der Waals surface area contributed by atoms with E-state index in [0.717, 1.165) is 13.8 Å². The van der Waals surface area contributed by atoms with Crippen LogP contribution in [-0.2, 0) is 0 Å². The van der Waals surface area contributed by atoms with Crippen LogP contribution in [-0.4, -0.2) is 7.11 Å². The number of hydrogen-bond acceptors (Lipinski definition) is 2. The molecule has 1 aromatic carbocycles. The van der Waals surface area contributed by atoms with Crippen molar-refractivity contribution in [3.63, 3.8) is 0 Å². The minimum Gasteiger partial charge on any atom is -0.494 e. The Hall–Kier alpha value is 0.190. The van der Waals surface area contributed by atoms with Crippen molar-refractivity contribution in [2.45, 2.75) is 0 Å². The van der Waals surface area contributed by atoms with Gasteiger partial charge in [0, 0.05) is 10.1 Å². The number of hydrogen-bond donors (Lipinski definition) is 0. The van der Waals surface area contributed by atoms with Gasteiger partial charge in [0.05, 0.1) is 15.2 Å². The minimum atomic E-state index is 0.923. The molecule has 0 aliphatic heterocycles. The van der Waals surface area contributed by atoms with Crippen LogP contribution < -0.4 is 4.74 Å². The van der Waals surface area contributed by atoms with Crippen molar-refractivity contribution < 1.29 is 4.74 Å². The summed E-state index contributed by atoms with van der Waals surface area (Å²) in [6, 6.07) is 4.24. The number of benzene rings is 1. The summed E-state index contributed by atoms with van der Waals surface area (Å²) in [5, 5.41) is 3.31. The summed E-state index contributed by atoms with van der Waals surface area (Å²) in [5.41, 5.74) is 0. The summed E-state index contributed by atoms with van der Waals surface area (Å²) in [4.78, 5) is 0. The number of rotatable bonds is 1. The Morgan fingerprint density at radius 1 is 1.54 bits per heavy atom. The van der Waals surface area contributed by atoms with E-state index >= 15 is 0 Å². The van der Waals surface area contributed by atoms with Gasteiger partial charge in [-0.2, -0.15) is 0 Å². The van der Waals surface area contributed by atoms with E-state index in [1.54, 1.807) is 18.4 Å². The molecule has 68 valence electrons. The van der Waals surface area contributed by atoms with E-state index in [4.69, 9.17) is 4.74 Å². The third-order valence-corrected chi connectivity index (χ3v) is 4.26.